The second kappa shape index (κ2) is 6.86. The molecule has 5 heteroatoms. The van der Waals surface area contributed by atoms with Gasteiger partial charge in [-0.2, -0.15) is 0 Å². The van der Waals surface area contributed by atoms with Crippen LogP contribution in [-0.4, -0.2) is 28.7 Å². The number of carbonyl (C=O) groups excluding carboxylic acids is 1. The average molecular weight is 330 g/mol. The van der Waals surface area contributed by atoms with Crippen LogP contribution >= 0.6 is 11.6 Å². The van der Waals surface area contributed by atoms with E-state index >= 15 is 0 Å². The Balaban J connectivity index is 1.72. The topological polar surface area (TPSA) is 51.5 Å². The van der Waals surface area contributed by atoms with Crippen molar-refractivity contribution in [2.75, 3.05) is 6.61 Å². The van der Waals surface area contributed by atoms with Crippen LogP contribution < -0.4 is 4.74 Å². The molecule has 0 saturated heterocycles. The lowest BCUT2D eigenvalue weighted by Gasteiger charge is -2.14. The van der Waals surface area contributed by atoms with Crippen molar-refractivity contribution < 1.29 is 14.6 Å². The highest BCUT2D eigenvalue weighted by atomic mass is 35.5. The summed E-state index contributed by atoms with van der Waals surface area (Å²) < 4.78 is 7.41. The molecule has 3 aromatic rings. The third-order valence-corrected chi connectivity index (χ3v) is 3.93. The molecule has 1 aromatic heterocycles. The van der Waals surface area contributed by atoms with E-state index in [0.717, 1.165) is 17.2 Å². The molecule has 0 aliphatic rings. The number of aldehydes is 1. The molecule has 0 bridgehead atoms. The van der Waals surface area contributed by atoms with Crippen molar-refractivity contribution in [2.45, 2.75) is 12.6 Å². The lowest BCUT2D eigenvalue weighted by molar-refractivity contribution is 0.0935. The van der Waals surface area contributed by atoms with Crippen LogP contribution in [0.4, 0.5) is 0 Å². The summed E-state index contributed by atoms with van der Waals surface area (Å²) in [6, 6.07) is 14.7. The number of aliphatic hydroxyl groups is 1. The van der Waals surface area contributed by atoms with Crippen LogP contribution in [0.25, 0.3) is 10.9 Å². The van der Waals surface area contributed by atoms with Crippen LogP contribution in [0.3, 0.4) is 0 Å². The van der Waals surface area contributed by atoms with Gasteiger partial charge in [-0.3, -0.25) is 4.79 Å². The molecule has 0 spiro atoms. The number of hydrogen-bond donors (Lipinski definition) is 1. The van der Waals surface area contributed by atoms with Crippen molar-refractivity contribution in [3.05, 3.63) is 65.3 Å². The predicted molar refractivity (Wildman–Crippen MR) is 90.3 cm³/mol. The van der Waals surface area contributed by atoms with Gasteiger partial charge >= 0.3 is 0 Å². The normalized spacial score (nSPS) is 12.3. The van der Waals surface area contributed by atoms with Gasteiger partial charge in [0.1, 0.15) is 18.5 Å². The van der Waals surface area contributed by atoms with Crippen LogP contribution in [0.1, 0.15) is 10.4 Å². The van der Waals surface area contributed by atoms with Gasteiger partial charge in [0, 0.05) is 22.7 Å². The van der Waals surface area contributed by atoms with E-state index in [1.165, 1.54) is 0 Å². The molecule has 0 amide bonds. The first-order chi connectivity index (χ1) is 11.2. The zero-order valence-corrected chi connectivity index (χ0v) is 13.1. The van der Waals surface area contributed by atoms with Crippen molar-refractivity contribution in [2.24, 2.45) is 0 Å². The van der Waals surface area contributed by atoms with E-state index in [0.29, 0.717) is 22.9 Å². The van der Waals surface area contributed by atoms with Gasteiger partial charge in [0.05, 0.1) is 11.6 Å². The van der Waals surface area contributed by atoms with E-state index in [-0.39, 0.29) is 6.61 Å². The molecular formula is C18H16ClNO3. The van der Waals surface area contributed by atoms with E-state index in [1.807, 2.05) is 41.0 Å². The SMILES string of the molecule is O=Cc1cn(C[C@H](O)COc2ccccc2Cl)c2ccccc12. The highest BCUT2D eigenvalue weighted by Gasteiger charge is 2.12. The molecular weight excluding hydrogens is 314 g/mol. The fourth-order valence-electron chi connectivity index (χ4n) is 2.55. The predicted octanol–water partition coefficient (Wildman–Crippen LogP) is 3.55. The summed E-state index contributed by atoms with van der Waals surface area (Å²) in [5.41, 5.74) is 1.52. The minimum atomic E-state index is -0.721. The van der Waals surface area contributed by atoms with Crippen LogP contribution in [0.15, 0.2) is 54.7 Å². The second-order valence-corrected chi connectivity index (χ2v) is 5.67. The van der Waals surface area contributed by atoms with E-state index < -0.39 is 6.10 Å². The summed E-state index contributed by atoms with van der Waals surface area (Å²) in [4.78, 5) is 11.2. The van der Waals surface area contributed by atoms with Crippen molar-refractivity contribution in [1.82, 2.24) is 4.57 Å². The van der Waals surface area contributed by atoms with Crippen molar-refractivity contribution in [3.63, 3.8) is 0 Å². The number of ether oxygens (including phenoxy) is 1. The molecule has 118 valence electrons. The molecule has 0 unspecified atom stereocenters. The summed E-state index contributed by atoms with van der Waals surface area (Å²) in [7, 11) is 0. The molecule has 0 aliphatic carbocycles. The molecule has 0 radical (unpaired) electrons. The highest BCUT2D eigenvalue weighted by Crippen LogP contribution is 2.24. The number of nitrogens with zero attached hydrogens (tertiary/aromatic N) is 1. The molecule has 1 atom stereocenters. The van der Waals surface area contributed by atoms with Crippen LogP contribution in [0.5, 0.6) is 5.75 Å². The summed E-state index contributed by atoms with van der Waals surface area (Å²) in [5, 5.41) is 11.6. The van der Waals surface area contributed by atoms with Gasteiger partial charge in [-0.25, -0.2) is 0 Å². The minimum Gasteiger partial charge on any atom is -0.489 e. The third kappa shape index (κ3) is 3.38. The van der Waals surface area contributed by atoms with E-state index in [9.17, 15) is 9.90 Å². The summed E-state index contributed by atoms with van der Waals surface area (Å²) in [6.07, 6.45) is 1.85. The first-order valence-electron chi connectivity index (χ1n) is 7.27. The average Bonchev–Trinajstić information content (AvgIpc) is 2.92. The van der Waals surface area contributed by atoms with Crippen LogP contribution in [0.2, 0.25) is 5.02 Å². The number of carbonyl (C=O) groups is 1. The van der Waals surface area contributed by atoms with Gasteiger partial charge < -0.3 is 14.4 Å². The molecule has 0 fully saturated rings. The maximum absolute atomic E-state index is 11.2. The van der Waals surface area contributed by atoms with Gasteiger partial charge in [-0.1, -0.05) is 41.9 Å². The second-order valence-electron chi connectivity index (χ2n) is 5.27. The number of hydrogen-bond acceptors (Lipinski definition) is 3. The highest BCUT2D eigenvalue weighted by molar-refractivity contribution is 6.32. The number of rotatable bonds is 6. The number of fused-ring (bicyclic) bond motifs is 1. The number of para-hydroxylation sites is 2. The molecule has 23 heavy (non-hydrogen) atoms. The molecule has 1 N–H and O–H groups in total. The molecule has 4 nitrogen and oxygen atoms in total. The Morgan fingerprint density at radius 1 is 1.17 bits per heavy atom. The summed E-state index contributed by atoms with van der Waals surface area (Å²) in [5.74, 6) is 0.541. The minimum absolute atomic E-state index is 0.118. The first kappa shape index (κ1) is 15.6. The standard InChI is InChI=1S/C18H16ClNO3/c19-16-6-2-4-8-18(16)23-12-14(22)10-20-9-13(11-21)15-5-1-3-7-17(15)20/h1-9,11,14,22H,10,12H2/t14-/m0/s1. The van der Waals surface area contributed by atoms with Crippen LogP contribution in [-0.2, 0) is 6.54 Å². The zero-order valence-electron chi connectivity index (χ0n) is 12.4. The molecule has 0 aliphatic heterocycles. The Hall–Kier alpha value is -2.30. The van der Waals surface area contributed by atoms with Crippen molar-refractivity contribution in [3.8, 4) is 5.75 Å². The Morgan fingerprint density at radius 3 is 2.70 bits per heavy atom. The van der Waals surface area contributed by atoms with Gasteiger partial charge in [-0.15, -0.1) is 0 Å². The van der Waals surface area contributed by atoms with Gasteiger partial charge in [0.25, 0.3) is 0 Å². The molecule has 0 saturated carbocycles. The largest absolute Gasteiger partial charge is 0.489 e. The smallest absolute Gasteiger partial charge is 0.152 e. The lowest BCUT2D eigenvalue weighted by atomic mass is 10.2. The Bertz CT molecular complexity index is 828. The Labute approximate surface area is 138 Å². The quantitative estimate of drug-likeness (QED) is 0.704. The van der Waals surface area contributed by atoms with Gasteiger partial charge in [0.2, 0.25) is 0 Å². The monoisotopic (exact) mass is 329 g/mol. The fraction of sp³-hybridized carbons (Fsp3) is 0.167. The maximum Gasteiger partial charge on any atom is 0.152 e. The van der Waals surface area contributed by atoms with Crippen molar-refractivity contribution >= 4 is 28.8 Å². The number of aromatic nitrogens is 1. The van der Waals surface area contributed by atoms with E-state index in [2.05, 4.69) is 0 Å². The number of halogens is 1. The molecule has 2 aromatic carbocycles. The third-order valence-electron chi connectivity index (χ3n) is 3.62. The summed E-state index contributed by atoms with van der Waals surface area (Å²) >= 11 is 6.02. The van der Waals surface area contributed by atoms with Gasteiger partial charge in [0.15, 0.2) is 6.29 Å². The Kier molecular flexibility index (Phi) is 4.65. The fourth-order valence-corrected chi connectivity index (χ4v) is 2.74. The lowest BCUT2D eigenvalue weighted by Crippen LogP contribution is -2.23. The Morgan fingerprint density at radius 2 is 1.91 bits per heavy atom. The van der Waals surface area contributed by atoms with Gasteiger partial charge in [-0.05, 0) is 18.2 Å². The molecule has 3 rings (SSSR count). The zero-order chi connectivity index (χ0) is 16.2. The summed E-state index contributed by atoms with van der Waals surface area (Å²) in [6.45, 7) is 0.450. The number of benzene rings is 2. The molecule has 1 heterocycles. The van der Waals surface area contributed by atoms with Crippen LogP contribution in [0, 0.1) is 0 Å². The maximum atomic E-state index is 11.2. The number of aliphatic hydroxyl groups excluding tert-OH is 1. The van der Waals surface area contributed by atoms with E-state index in [1.54, 1.807) is 18.3 Å². The van der Waals surface area contributed by atoms with E-state index in [4.69, 9.17) is 16.3 Å². The van der Waals surface area contributed by atoms with Crippen molar-refractivity contribution in [1.29, 1.82) is 0 Å². The first-order valence-corrected chi connectivity index (χ1v) is 7.65.